The van der Waals surface area contributed by atoms with Gasteiger partial charge in [0.2, 0.25) is 5.91 Å². The molecule has 0 aliphatic heterocycles. The standard InChI is InChI=1S/C25H32N2O/c1-16(2)18-7-9-19(10-8-18)17(3)26-27-24(28)23-15-22(23)20-11-13-21(14-12-20)25(4,5)6/h7-14,16,22-23H,15H2,1-6H3,(H,27,28)/b26-17+. The molecule has 1 saturated carbocycles. The van der Waals surface area contributed by atoms with E-state index in [4.69, 9.17) is 0 Å². The van der Waals surface area contributed by atoms with Gasteiger partial charge in [0, 0.05) is 5.92 Å². The van der Waals surface area contributed by atoms with Crippen molar-refractivity contribution in [3.8, 4) is 0 Å². The van der Waals surface area contributed by atoms with Crippen LogP contribution in [-0.4, -0.2) is 11.6 Å². The van der Waals surface area contributed by atoms with Gasteiger partial charge in [-0.25, -0.2) is 5.43 Å². The minimum Gasteiger partial charge on any atom is -0.273 e. The number of hydrogen-bond donors (Lipinski definition) is 1. The van der Waals surface area contributed by atoms with Gasteiger partial charge in [0.25, 0.3) is 0 Å². The van der Waals surface area contributed by atoms with Gasteiger partial charge in [-0.2, -0.15) is 5.10 Å². The number of hydrogen-bond acceptors (Lipinski definition) is 2. The Hall–Kier alpha value is -2.42. The van der Waals surface area contributed by atoms with Crippen LogP contribution >= 0.6 is 0 Å². The van der Waals surface area contributed by atoms with Crippen molar-refractivity contribution in [3.05, 3.63) is 70.8 Å². The lowest BCUT2D eigenvalue weighted by molar-refractivity contribution is -0.122. The van der Waals surface area contributed by atoms with E-state index in [0.717, 1.165) is 17.7 Å². The Morgan fingerprint density at radius 3 is 2.18 bits per heavy atom. The first kappa shape index (κ1) is 20.3. The van der Waals surface area contributed by atoms with Gasteiger partial charge in [-0.15, -0.1) is 0 Å². The van der Waals surface area contributed by atoms with Crippen molar-refractivity contribution in [1.82, 2.24) is 5.43 Å². The maximum atomic E-state index is 12.5. The lowest BCUT2D eigenvalue weighted by Gasteiger charge is -2.19. The molecule has 3 rings (SSSR count). The minimum atomic E-state index is 0.0167. The Labute approximate surface area is 169 Å². The molecule has 1 amide bonds. The molecule has 1 aliphatic carbocycles. The predicted octanol–water partition coefficient (Wildman–Crippen LogP) is 5.75. The van der Waals surface area contributed by atoms with E-state index < -0.39 is 0 Å². The van der Waals surface area contributed by atoms with Crippen LogP contribution in [0.25, 0.3) is 0 Å². The third kappa shape index (κ3) is 4.70. The maximum absolute atomic E-state index is 12.5. The molecular weight excluding hydrogens is 344 g/mol. The first-order valence-corrected chi connectivity index (χ1v) is 10.2. The molecule has 0 radical (unpaired) electrons. The largest absolute Gasteiger partial charge is 0.273 e. The Bertz CT molecular complexity index is 855. The van der Waals surface area contributed by atoms with Gasteiger partial charge in [0.15, 0.2) is 0 Å². The number of nitrogens with zero attached hydrogens (tertiary/aromatic N) is 1. The highest BCUT2D eigenvalue weighted by Gasteiger charge is 2.44. The van der Waals surface area contributed by atoms with E-state index >= 15 is 0 Å². The van der Waals surface area contributed by atoms with Crippen LogP contribution in [0, 0.1) is 5.92 Å². The molecule has 1 fully saturated rings. The molecule has 0 saturated heterocycles. The summed E-state index contributed by atoms with van der Waals surface area (Å²) >= 11 is 0. The van der Waals surface area contributed by atoms with Crippen LogP contribution in [0.5, 0.6) is 0 Å². The summed E-state index contributed by atoms with van der Waals surface area (Å²) in [7, 11) is 0. The molecule has 2 unspecified atom stereocenters. The second kappa shape index (κ2) is 7.90. The Morgan fingerprint density at radius 1 is 1.04 bits per heavy atom. The zero-order valence-electron chi connectivity index (χ0n) is 17.9. The molecule has 0 aromatic heterocycles. The first-order valence-electron chi connectivity index (χ1n) is 10.2. The van der Waals surface area contributed by atoms with Crippen molar-refractivity contribution in [2.75, 3.05) is 0 Å². The molecule has 2 aromatic carbocycles. The molecule has 0 spiro atoms. The van der Waals surface area contributed by atoms with E-state index in [1.807, 2.05) is 6.92 Å². The fourth-order valence-corrected chi connectivity index (χ4v) is 3.48. The lowest BCUT2D eigenvalue weighted by Crippen LogP contribution is -2.21. The summed E-state index contributed by atoms with van der Waals surface area (Å²) in [4.78, 5) is 12.5. The van der Waals surface area contributed by atoms with E-state index in [1.54, 1.807) is 0 Å². The van der Waals surface area contributed by atoms with Gasteiger partial charge in [-0.1, -0.05) is 83.1 Å². The number of benzene rings is 2. The Kier molecular flexibility index (Phi) is 5.74. The van der Waals surface area contributed by atoms with Crippen molar-refractivity contribution in [2.24, 2.45) is 11.0 Å². The molecule has 0 heterocycles. The molecule has 0 bridgehead atoms. The van der Waals surface area contributed by atoms with Crippen LogP contribution < -0.4 is 5.43 Å². The van der Waals surface area contributed by atoms with Gasteiger partial charge in [0.1, 0.15) is 0 Å². The quantitative estimate of drug-likeness (QED) is 0.524. The molecule has 3 nitrogen and oxygen atoms in total. The highest BCUT2D eigenvalue weighted by molar-refractivity contribution is 5.99. The highest BCUT2D eigenvalue weighted by Crippen LogP contribution is 2.47. The number of carbonyl (C=O) groups is 1. The molecule has 2 aromatic rings. The van der Waals surface area contributed by atoms with Crippen LogP contribution in [0.3, 0.4) is 0 Å². The molecule has 2 atom stereocenters. The SMILES string of the molecule is C/C(=N\NC(=O)C1CC1c1ccc(C(C)(C)C)cc1)c1ccc(C(C)C)cc1. The maximum Gasteiger partial charge on any atom is 0.243 e. The van der Waals surface area contributed by atoms with E-state index in [9.17, 15) is 4.79 Å². The summed E-state index contributed by atoms with van der Waals surface area (Å²) in [6, 6.07) is 17.1. The van der Waals surface area contributed by atoms with E-state index in [2.05, 4.69) is 93.7 Å². The topological polar surface area (TPSA) is 41.5 Å². The monoisotopic (exact) mass is 376 g/mol. The second-order valence-electron chi connectivity index (χ2n) is 9.27. The van der Waals surface area contributed by atoms with Crippen LogP contribution in [0.1, 0.15) is 82.1 Å². The molecular formula is C25H32N2O. The van der Waals surface area contributed by atoms with Crippen LogP contribution in [0.15, 0.2) is 53.6 Å². The number of rotatable bonds is 5. The Balaban J connectivity index is 1.58. The second-order valence-corrected chi connectivity index (χ2v) is 9.27. The summed E-state index contributed by atoms with van der Waals surface area (Å²) in [5.41, 5.74) is 8.66. The minimum absolute atomic E-state index is 0.0167. The van der Waals surface area contributed by atoms with Crippen molar-refractivity contribution in [2.45, 2.75) is 65.2 Å². The highest BCUT2D eigenvalue weighted by atomic mass is 16.2. The molecule has 1 N–H and O–H groups in total. The van der Waals surface area contributed by atoms with Crippen molar-refractivity contribution in [3.63, 3.8) is 0 Å². The molecule has 1 aliphatic rings. The van der Waals surface area contributed by atoms with Crippen LogP contribution in [0.2, 0.25) is 0 Å². The number of carbonyl (C=O) groups excluding carboxylic acids is 1. The summed E-state index contributed by atoms with van der Waals surface area (Å²) < 4.78 is 0. The fraction of sp³-hybridized carbons (Fsp3) is 0.440. The Morgan fingerprint density at radius 2 is 1.64 bits per heavy atom. The summed E-state index contributed by atoms with van der Waals surface area (Å²) in [6.07, 6.45) is 0.901. The van der Waals surface area contributed by atoms with Crippen molar-refractivity contribution < 1.29 is 4.79 Å². The third-order valence-electron chi connectivity index (χ3n) is 5.66. The summed E-state index contributed by atoms with van der Waals surface area (Å²) in [6.45, 7) is 12.9. The normalized spacial score (nSPS) is 19.6. The van der Waals surface area contributed by atoms with Crippen LogP contribution in [0.4, 0.5) is 0 Å². The van der Waals surface area contributed by atoms with Gasteiger partial charge >= 0.3 is 0 Å². The molecule has 28 heavy (non-hydrogen) atoms. The number of hydrazone groups is 1. The smallest absolute Gasteiger partial charge is 0.243 e. The number of amides is 1. The first-order chi connectivity index (χ1) is 13.2. The predicted molar refractivity (Wildman–Crippen MR) is 117 cm³/mol. The lowest BCUT2D eigenvalue weighted by atomic mass is 9.86. The molecule has 3 heteroatoms. The van der Waals surface area contributed by atoms with Gasteiger partial charge in [0.05, 0.1) is 5.71 Å². The van der Waals surface area contributed by atoms with Crippen molar-refractivity contribution >= 4 is 11.6 Å². The summed E-state index contributed by atoms with van der Waals surface area (Å²) in [5.74, 6) is 0.869. The van der Waals surface area contributed by atoms with Gasteiger partial charge in [-0.3, -0.25) is 4.79 Å². The molecule has 148 valence electrons. The summed E-state index contributed by atoms with van der Waals surface area (Å²) in [5, 5.41) is 4.32. The van der Waals surface area contributed by atoms with E-state index in [-0.39, 0.29) is 17.2 Å². The van der Waals surface area contributed by atoms with Crippen LogP contribution in [-0.2, 0) is 10.2 Å². The van der Waals surface area contributed by atoms with Crippen molar-refractivity contribution in [1.29, 1.82) is 0 Å². The van der Waals surface area contributed by atoms with Gasteiger partial charge in [-0.05, 0) is 52.8 Å². The average molecular weight is 377 g/mol. The third-order valence-corrected chi connectivity index (χ3v) is 5.66. The van der Waals surface area contributed by atoms with Gasteiger partial charge < -0.3 is 0 Å². The fourth-order valence-electron chi connectivity index (χ4n) is 3.48. The van der Waals surface area contributed by atoms with E-state index in [0.29, 0.717) is 11.8 Å². The average Bonchev–Trinajstić information content (AvgIpc) is 3.46. The number of nitrogens with one attached hydrogen (secondary N) is 1. The van der Waals surface area contributed by atoms with E-state index in [1.165, 1.54) is 16.7 Å². The zero-order valence-corrected chi connectivity index (χ0v) is 17.9. The zero-order chi connectivity index (χ0) is 20.5.